The second-order valence-electron chi connectivity index (χ2n) is 3.71. The van der Waals surface area contributed by atoms with Crippen LogP contribution in [0.1, 0.15) is 15.2 Å². The molecule has 0 aliphatic rings. The molecule has 0 atom stereocenters. The lowest BCUT2D eigenvalue weighted by atomic mass is 10.1. The van der Waals surface area contributed by atoms with Gasteiger partial charge in [-0.1, -0.05) is 11.2 Å². The topological polar surface area (TPSA) is 87.7 Å². The third-order valence-corrected chi connectivity index (χ3v) is 4.05. The van der Waals surface area contributed by atoms with Crippen LogP contribution in [0.5, 0.6) is 0 Å². The number of amides is 1. The molecule has 2 rings (SSSR count). The van der Waals surface area contributed by atoms with E-state index in [2.05, 4.69) is 26.4 Å². The van der Waals surface area contributed by atoms with Crippen molar-refractivity contribution in [3.63, 3.8) is 0 Å². The number of carbonyl (C=O) groups is 1. The minimum atomic E-state index is -0.689. The molecule has 1 aromatic carbocycles. The van der Waals surface area contributed by atoms with E-state index in [0.29, 0.717) is 4.88 Å². The lowest BCUT2D eigenvalue weighted by molar-refractivity contribution is 0.103. The Bertz CT molecular complexity index is 687. The molecule has 1 amide bonds. The molecule has 0 radical (unpaired) electrons. The van der Waals surface area contributed by atoms with Crippen molar-refractivity contribution < 1.29 is 14.4 Å². The fourth-order valence-corrected chi connectivity index (χ4v) is 2.84. The molecule has 104 valence electrons. The molecule has 0 saturated carbocycles. The number of amidine groups is 1. The fourth-order valence-electron chi connectivity index (χ4n) is 1.56. The summed E-state index contributed by atoms with van der Waals surface area (Å²) in [6.45, 7) is 0. The number of rotatable bonds is 3. The van der Waals surface area contributed by atoms with Gasteiger partial charge in [-0.3, -0.25) is 4.79 Å². The molecule has 0 unspecified atom stereocenters. The van der Waals surface area contributed by atoms with Crippen molar-refractivity contribution in [2.75, 3.05) is 5.32 Å². The van der Waals surface area contributed by atoms with Gasteiger partial charge in [-0.05, 0) is 40.2 Å². The molecular weight excluding hydrogens is 349 g/mol. The first kappa shape index (κ1) is 14.5. The number of oxime groups is 1. The molecule has 8 heteroatoms. The van der Waals surface area contributed by atoms with Gasteiger partial charge >= 0.3 is 0 Å². The number of hydrogen-bond acceptors (Lipinski definition) is 4. The standard InChI is InChI=1S/C12H9BrFN3O2S/c13-9-5-4-8(20-9)12(18)16-7-3-1-2-6(14)10(7)11(15)17-19/h1-5,19H,(H2,15,17)(H,16,18). The number of anilines is 1. The first-order chi connectivity index (χ1) is 9.52. The van der Waals surface area contributed by atoms with Crippen LogP contribution in [0.4, 0.5) is 10.1 Å². The minimum Gasteiger partial charge on any atom is -0.409 e. The van der Waals surface area contributed by atoms with Gasteiger partial charge in [-0.15, -0.1) is 11.3 Å². The second-order valence-corrected chi connectivity index (χ2v) is 6.17. The van der Waals surface area contributed by atoms with Crippen LogP contribution in [0.3, 0.4) is 0 Å². The highest BCUT2D eigenvalue weighted by atomic mass is 79.9. The number of nitrogens with zero attached hydrogens (tertiary/aromatic N) is 1. The van der Waals surface area contributed by atoms with E-state index in [1.165, 1.54) is 23.5 Å². The van der Waals surface area contributed by atoms with Gasteiger partial charge in [0.05, 0.1) is 19.9 Å². The highest BCUT2D eigenvalue weighted by Gasteiger charge is 2.16. The zero-order valence-electron chi connectivity index (χ0n) is 9.93. The average Bonchev–Trinajstić information content (AvgIpc) is 2.85. The first-order valence-electron chi connectivity index (χ1n) is 5.36. The summed E-state index contributed by atoms with van der Waals surface area (Å²) < 4.78 is 14.5. The molecule has 4 N–H and O–H groups in total. The molecule has 0 aliphatic carbocycles. The van der Waals surface area contributed by atoms with Crippen molar-refractivity contribution >= 4 is 44.7 Å². The Labute approximate surface area is 126 Å². The van der Waals surface area contributed by atoms with Crippen molar-refractivity contribution in [3.05, 3.63) is 50.4 Å². The highest BCUT2D eigenvalue weighted by Crippen LogP contribution is 2.24. The molecule has 1 heterocycles. The van der Waals surface area contributed by atoms with Crippen LogP contribution < -0.4 is 11.1 Å². The summed E-state index contributed by atoms with van der Waals surface area (Å²) in [5.41, 5.74) is 5.40. The van der Waals surface area contributed by atoms with Gasteiger partial charge in [0.1, 0.15) is 5.82 Å². The van der Waals surface area contributed by atoms with Crippen LogP contribution in [0, 0.1) is 5.82 Å². The zero-order chi connectivity index (χ0) is 14.7. The molecule has 0 spiro atoms. The number of halogens is 2. The number of carbonyl (C=O) groups excluding carboxylic acids is 1. The van der Waals surface area contributed by atoms with Crippen LogP contribution in [0.2, 0.25) is 0 Å². The lowest BCUT2D eigenvalue weighted by Gasteiger charge is -2.10. The average molecular weight is 358 g/mol. The van der Waals surface area contributed by atoms with Crippen LogP contribution in [-0.2, 0) is 0 Å². The van der Waals surface area contributed by atoms with Crippen LogP contribution in [-0.4, -0.2) is 17.0 Å². The molecule has 5 nitrogen and oxygen atoms in total. The van der Waals surface area contributed by atoms with E-state index in [9.17, 15) is 9.18 Å². The van der Waals surface area contributed by atoms with Gasteiger partial charge in [-0.25, -0.2) is 4.39 Å². The Balaban J connectivity index is 2.34. The molecular formula is C12H9BrFN3O2S. The maximum Gasteiger partial charge on any atom is 0.265 e. The number of nitrogens with one attached hydrogen (secondary N) is 1. The Morgan fingerprint density at radius 2 is 2.15 bits per heavy atom. The normalized spacial score (nSPS) is 11.4. The maximum absolute atomic E-state index is 13.7. The maximum atomic E-state index is 13.7. The molecule has 20 heavy (non-hydrogen) atoms. The third kappa shape index (κ3) is 2.97. The van der Waals surface area contributed by atoms with E-state index in [1.54, 1.807) is 12.1 Å². The van der Waals surface area contributed by atoms with E-state index in [4.69, 9.17) is 10.9 Å². The molecule has 2 aromatic rings. The predicted octanol–water partition coefficient (Wildman–Crippen LogP) is 3.00. The van der Waals surface area contributed by atoms with Crippen molar-refractivity contribution in [3.8, 4) is 0 Å². The Kier molecular flexibility index (Phi) is 4.35. The van der Waals surface area contributed by atoms with Crippen molar-refractivity contribution in [2.45, 2.75) is 0 Å². The molecule has 0 fully saturated rings. The summed E-state index contributed by atoms with van der Waals surface area (Å²) >= 11 is 4.49. The molecule has 1 aromatic heterocycles. The van der Waals surface area contributed by atoms with Crippen LogP contribution in [0.15, 0.2) is 39.3 Å². The summed E-state index contributed by atoms with van der Waals surface area (Å²) in [4.78, 5) is 12.5. The smallest absolute Gasteiger partial charge is 0.265 e. The lowest BCUT2D eigenvalue weighted by Crippen LogP contribution is -2.20. The van der Waals surface area contributed by atoms with Gasteiger partial charge in [0.25, 0.3) is 5.91 Å². The number of benzene rings is 1. The number of nitrogens with two attached hydrogens (primary N) is 1. The van der Waals surface area contributed by atoms with Gasteiger partial charge in [0.15, 0.2) is 5.84 Å². The van der Waals surface area contributed by atoms with Gasteiger partial charge < -0.3 is 16.3 Å². The van der Waals surface area contributed by atoms with E-state index in [-0.39, 0.29) is 11.3 Å². The van der Waals surface area contributed by atoms with Crippen molar-refractivity contribution in [1.82, 2.24) is 0 Å². The van der Waals surface area contributed by atoms with E-state index in [0.717, 1.165) is 9.85 Å². The van der Waals surface area contributed by atoms with Gasteiger partial charge in [0, 0.05) is 0 Å². The predicted molar refractivity (Wildman–Crippen MR) is 78.9 cm³/mol. The summed E-state index contributed by atoms with van der Waals surface area (Å²) in [6, 6.07) is 7.41. The van der Waals surface area contributed by atoms with Gasteiger partial charge in [-0.2, -0.15) is 0 Å². The Morgan fingerprint density at radius 1 is 1.40 bits per heavy atom. The van der Waals surface area contributed by atoms with Crippen molar-refractivity contribution in [2.24, 2.45) is 10.9 Å². The molecule has 0 bridgehead atoms. The first-order valence-corrected chi connectivity index (χ1v) is 6.97. The van der Waals surface area contributed by atoms with Crippen LogP contribution >= 0.6 is 27.3 Å². The summed E-state index contributed by atoms with van der Waals surface area (Å²) in [7, 11) is 0. The van der Waals surface area contributed by atoms with E-state index < -0.39 is 17.6 Å². The second kappa shape index (κ2) is 6.02. The highest BCUT2D eigenvalue weighted by molar-refractivity contribution is 9.11. The summed E-state index contributed by atoms with van der Waals surface area (Å²) in [5.74, 6) is -1.51. The summed E-state index contributed by atoms with van der Waals surface area (Å²) in [5, 5.41) is 14.0. The zero-order valence-corrected chi connectivity index (χ0v) is 12.3. The van der Waals surface area contributed by atoms with E-state index >= 15 is 0 Å². The number of hydrogen-bond donors (Lipinski definition) is 3. The third-order valence-electron chi connectivity index (χ3n) is 2.42. The Hall–Kier alpha value is -1.93. The minimum absolute atomic E-state index is 0.134. The summed E-state index contributed by atoms with van der Waals surface area (Å²) in [6.07, 6.45) is 0. The Morgan fingerprint density at radius 3 is 2.75 bits per heavy atom. The SMILES string of the molecule is N/C(=N/O)c1c(F)cccc1NC(=O)c1ccc(Br)s1. The fraction of sp³-hybridized carbons (Fsp3) is 0. The van der Waals surface area contributed by atoms with Crippen molar-refractivity contribution in [1.29, 1.82) is 0 Å². The monoisotopic (exact) mass is 357 g/mol. The quantitative estimate of drug-likeness (QED) is 0.341. The van der Waals surface area contributed by atoms with E-state index in [1.807, 2.05) is 0 Å². The number of thiophene rings is 1. The van der Waals surface area contributed by atoms with Gasteiger partial charge in [0.2, 0.25) is 0 Å². The van der Waals surface area contributed by atoms with Crippen LogP contribution in [0.25, 0.3) is 0 Å². The largest absolute Gasteiger partial charge is 0.409 e. The molecule has 0 saturated heterocycles. The molecule has 0 aliphatic heterocycles.